The molecule has 4 rings (SSSR count). The van der Waals surface area contributed by atoms with Crippen molar-refractivity contribution in [3.63, 3.8) is 0 Å². The first-order valence-corrected chi connectivity index (χ1v) is 12.5. The van der Waals surface area contributed by atoms with E-state index in [1.54, 1.807) is 19.1 Å². The van der Waals surface area contributed by atoms with E-state index < -0.39 is 10.0 Å². The average molecular weight is 449 g/mol. The topological polar surface area (TPSA) is 57.7 Å². The lowest BCUT2D eigenvalue weighted by Gasteiger charge is -2.25. The first-order chi connectivity index (χ1) is 15.4. The highest BCUT2D eigenvalue weighted by Gasteiger charge is 2.34. The van der Waals surface area contributed by atoms with E-state index in [1.165, 1.54) is 4.31 Å². The van der Waals surface area contributed by atoms with E-state index >= 15 is 0 Å². The van der Waals surface area contributed by atoms with Crippen molar-refractivity contribution in [2.24, 2.45) is 0 Å². The SMILES string of the molecule is CCS(=O)(=O)N1c2ccc(C(=O)N(Cc3ccccc3)Cc3ccccc3)cc2C[C@@H]1C. The molecule has 0 saturated heterocycles. The molecule has 0 fully saturated rings. The van der Waals surface area contributed by atoms with E-state index in [0.29, 0.717) is 30.8 Å². The Kier molecular flexibility index (Phi) is 6.33. The molecule has 0 radical (unpaired) electrons. The minimum absolute atomic E-state index is 0.0550. The van der Waals surface area contributed by atoms with Gasteiger partial charge in [0.1, 0.15) is 0 Å². The Morgan fingerprint density at radius 2 is 1.50 bits per heavy atom. The summed E-state index contributed by atoms with van der Waals surface area (Å²) in [6.45, 7) is 4.56. The molecule has 1 aliphatic heterocycles. The molecule has 1 aliphatic rings. The third kappa shape index (κ3) is 4.55. The molecule has 0 unspecified atom stereocenters. The number of nitrogens with zero attached hydrogens (tertiary/aromatic N) is 2. The molecule has 166 valence electrons. The minimum Gasteiger partial charge on any atom is -0.330 e. The van der Waals surface area contributed by atoms with Crippen molar-refractivity contribution in [2.45, 2.75) is 39.4 Å². The Bertz CT molecular complexity index is 1150. The number of hydrogen-bond acceptors (Lipinski definition) is 3. The Labute approximate surface area is 190 Å². The number of anilines is 1. The van der Waals surface area contributed by atoms with Crippen LogP contribution in [0.3, 0.4) is 0 Å². The first-order valence-electron chi connectivity index (χ1n) is 10.9. The van der Waals surface area contributed by atoms with E-state index in [1.807, 2.05) is 78.6 Å². The van der Waals surface area contributed by atoms with Crippen LogP contribution < -0.4 is 4.31 Å². The Morgan fingerprint density at radius 1 is 0.938 bits per heavy atom. The number of sulfonamides is 1. The van der Waals surface area contributed by atoms with E-state index in [0.717, 1.165) is 16.7 Å². The van der Waals surface area contributed by atoms with Crippen LogP contribution in [0.25, 0.3) is 0 Å². The normalized spacial score (nSPS) is 15.4. The largest absolute Gasteiger partial charge is 0.330 e. The summed E-state index contributed by atoms with van der Waals surface area (Å²) in [7, 11) is -3.35. The second-order valence-corrected chi connectivity index (χ2v) is 10.4. The molecule has 5 nitrogen and oxygen atoms in total. The minimum atomic E-state index is -3.35. The van der Waals surface area contributed by atoms with Crippen molar-refractivity contribution < 1.29 is 13.2 Å². The lowest BCUT2D eigenvalue weighted by Crippen LogP contribution is -2.36. The van der Waals surface area contributed by atoms with Crippen LogP contribution in [0.4, 0.5) is 5.69 Å². The summed E-state index contributed by atoms with van der Waals surface area (Å²) >= 11 is 0. The number of rotatable bonds is 7. The van der Waals surface area contributed by atoms with Gasteiger partial charge >= 0.3 is 0 Å². The van der Waals surface area contributed by atoms with Crippen LogP contribution in [0.5, 0.6) is 0 Å². The van der Waals surface area contributed by atoms with Crippen LogP contribution in [0.15, 0.2) is 78.9 Å². The number of carbonyl (C=O) groups excluding carboxylic acids is 1. The maximum absolute atomic E-state index is 13.6. The van der Waals surface area contributed by atoms with Gasteiger partial charge in [0.25, 0.3) is 5.91 Å². The standard InChI is InChI=1S/C26H28N2O3S/c1-3-32(30,31)28-20(2)16-24-17-23(14-15-25(24)28)26(29)27(18-21-10-6-4-7-11-21)19-22-12-8-5-9-13-22/h4-15,17,20H,3,16,18-19H2,1-2H3/t20-/m0/s1. The maximum Gasteiger partial charge on any atom is 0.254 e. The molecular weight excluding hydrogens is 420 g/mol. The molecule has 1 atom stereocenters. The van der Waals surface area contributed by atoms with Gasteiger partial charge in [0.2, 0.25) is 10.0 Å². The van der Waals surface area contributed by atoms with E-state index in [-0.39, 0.29) is 17.7 Å². The zero-order valence-electron chi connectivity index (χ0n) is 18.4. The lowest BCUT2D eigenvalue weighted by molar-refractivity contribution is 0.0730. The predicted octanol–water partition coefficient (Wildman–Crippen LogP) is 4.63. The summed E-state index contributed by atoms with van der Waals surface area (Å²) in [4.78, 5) is 15.4. The summed E-state index contributed by atoms with van der Waals surface area (Å²) in [5, 5.41) is 0. The van der Waals surface area contributed by atoms with Gasteiger partial charge < -0.3 is 4.90 Å². The van der Waals surface area contributed by atoms with Gasteiger partial charge in [-0.3, -0.25) is 9.10 Å². The van der Waals surface area contributed by atoms with Gasteiger partial charge in [0, 0.05) is 24.7 Å². The number of benzene rings is 3. The molecule has 0 aliphatic carbocycles. The van der Waals surface area contributed by atoms with Crippen LogP contribution in [0.2, 0.25) is 0 Å². The molecule has 1 amide bonds. The van der Waals surface area contributed by atoms with Crippen molar-refractivity contribution in [1.29, 1.82) is 0 Å². The molecular formula is C26H28N2O3S. The molecule has 0 N–H and O–H groups in total. The van der Waals surface area contributed by atoms with Crippen LogP contribution in [0.1, 0.15) is 40.9 Å². The second kappa shape index (κ2) is 9.17. The highest BCUT2D eigenvalue weighted by Crippen LogP contribution is 2.35. The summed E-state index contributed by atoms with van der Waals surface area (Å²) in [5.74, 6) is -0.00990. The first kappa shape index (κ1) is 22.1. The van der Waals surface area contributed by atoms with Crippen molar-refractivity contribution in [2.75, 3.05) is 10.1 Å². The van der Waals surface area contributed by atoms with Gasteiger partial charge in [-0.05, 0) is 55.2 Å². The fourth-order valence-electron chi connectivity index (χ4n) is 4.29. The maximum atomic E-state index is 13.6. The quantitative estimate of drug-likeness (QED) is 0.530. The zero-order valence-corrected chi connectivity index (χ0v) is 19.3. The van der Waals surface area contributed by atoms with Crippen LogP contribution in [-0.2, 0) is 29.5 Å². The second-order valence-electron chi connectivity index (χ2n) is 8.23. The number of carbonyl (C=O) groups is 1. The molecule has 0 saturated carbocycles. The highest BCUT2D eigenvalue weighted by atomic mass is 32.2. The molecule has 1 heterocycles. The smallest absolute Gasteiger partial charge is 0.254 e. The monoisotopic (exact) mass is 448 g/mol. The van der Waals surface area contributed by atoms with Crippen molar-refractivity contribution in [3.8, 4) is 0 Å². The molecule has 0 spiro atoms. The van der Waals surface area contributed by atoms with Crippen LogP contribution >= 0.6 is 0 Å². The number of fused-ring (bicyclic) bond motifs is 1. The zero-order chi connectivity index (χ0) is 22.7. The fourth-order valence-corrected chi connectivity index (χ4v) is 5.67. The van der Waals surface area contributed by atoms with Crippen molar-refractivity contribution in [1.82, 2.24) is 4.90 Å². The molecule has 6 heteroatoms. The summed E-state index contributed by atoms with van der Waals surface area (Å²) in [6, 6.07) is 25.1. The van der Waals surface area contributed by atoms with Crippen molar-refractivity contribution >= 4 is 21.6 Å². The molecule has 0 bridgehead atoms. The van der Waals surface area contributed by atoms with E-state index in [2.05, 4.69) is 0 Å². The summed E-state index contributed by atoms with van der Waals surface area (Å²) in [5.41, 5.74) is 4.30. The van der Waals surface area contributed by atoms with Gasteiger partial charge in [-0.15, -0.1) is 0 Å². The Hall–Kier alpha value is -3.12. The van der Waals surface area contributed by atoms with Gasteiger partial charge in [-0.25, -0.2) is 8.42 Å². The van der Waals surface area contributed by atoms with Crippen LogP contribution in [-0.4, -0.2) is 31.0 Å². The lowest BCUT2D eigenvalue weighted by atomic mass is 10.1. The molecule has 3 aromatic carbocycles. The summed E-state index contributed by atoms with van der Waals surface area (Å²) < 4.78 is 26.6. The Balaban J connectivity index is 1.64. The van der Waals surface area contributed by atoms with Gasteiger partial charge in [0.15, 0.2) is 0 Å². The molecule has 3 aromatic rings. The van der Waals surface area contributed by atoms with Crippen LogP contribution in [0, 0.1) is 0 Å². The average Bonchev–Trinajstić information content (AvgIpc) is 3.15. The molecule has 0 aromatic heterocycles. The third-order valence-corrected chi connectivity index (χ3v) is 7.75. The van der Waals surface area contributed by atoms with Gasteiger partial charge in [-0.2, -0.15) is 0 Å². The van der Waals surface area contributed by atoms with Gasteiger partial charge in [0.05, 0.1) is 11.4 Å². The Morgan fingerprint density at radius 3 is 2.03 bits per heavy atom. The number of amides is 1. The predicted molar refractivity (Wildman–Crippen MR) is 128 cm³/mol. The van der Waals surface area contributed by atoms with E-state index in [4.69, 9.17) is 0 Å². The summed E-state index contributed by atoms with van der Waals surface area (Å²) in [6.07, 6.45) is 0.604. The highest BCUT2D eigenvalue weighted by molar-refractivity contribution is 7.92. The number of hydrogen-bond donors (Lipinski definition) is 0. The van der Waals surface area contributed by atoms with E-state index in [9.17, 15) is 13.2 Å². The molecule has 32 heavy (non-hydrogen) atoms. The van der Waals surface area contributed by atoms with Crippen molar-refractivity contribution in [3.05, 3.63) is 101 Å². The van der Waals surface area contributed by atoms with Gasteiger partial charge in [-0.1, -0.05) is 60.7 Å². The third-order valence-electron chi connectivity index (χ3n) is 5.86. The fraction of sp³-hybridized carbons (Fsp3) is 0.269.